The highest BCUT2D eigenvalue weighted by Crippen LogP contribution is 2.24. The van der Waals surface area contributed by atoms with E-state index in [1.165, 1.54) is 60.2 Å². The zero-order chi connectivity index (χ0) is 27.9. The van der Waals surface area contributed by atoms with E-state index in [4.69, 9.17) is 0 Å². The second-order valence-electron chi connectivity index (χ2n) is 11.3. The maximum atomic E-state index is 12.7. The number of hydrogen-bond donors (Lipinski definition) is 1. The second kappa shape index (κ2) is 17.0. The van der Waals surface area contributed by atoms with Crippen LogP contribution >= 0.6 is 0 Å². The fourth-order valence-electron chi connectivity index (χ4n) is 5.35. The lowest BCUT2D eigenvalue weighted by Crippen LogP contribution is -2.33. The first-order valence-electron chi connectivity index (χ1n) is 15.1. The number of Topliss-reactive ketones (excluding diaryl/α,β-unsaturated/α-hetero) is 1. The van der Waals surface area contributed by atoms with E-state index in [1.807, 2.05) is 24.3 Å². The van der Waals surface area contributed by atoms with Gasteiger partial charge in [0.1, 0.15) is 0 Å². The number of ketones is 1. The molecule has 0 radical (unpaired) electrons. The van der Waals surface area contributed by atoms with Gasteiger partial charge in [0.15, 0.2) is 5.78 Å². The Bertz CT molecular complexity index is 1100. The fraction of sp³-hybridized carbons (Fsp3) is 0.472. The summed E-state index contributed by atoms with van der Waals surface area (Å²) in [7, 11) is 0. The molecule has 0 spiro atoms. The van der Waals surface area contributed by atoms with E-state index in [9.17, 15) is 4.79 Å². The van der Waals surface area contributed by atoms with Gasteiger partial charge in [-0.05, 0) is 114 Å². The smallest absolute Gasteiger partial charge is 0.162 e. The van der Waals surface area contributed by atoms with Crippen molar-refractivity contribution < 1.29 is 4.79 Å². The predicted octanol–water partition coefficient (Wildman–Crippen LogP) is 8.11. The van der Waals surface area contributed by atoms with Crippen LogP contribution in [0.15, 0.2) is 72.8 Å². The molecular formula is C36H50N2O. The number of hydrogen-bond acceptors (Lipinski definition) is 3. The van der Waals surface area contributed by atoms with Crippen molar-refractivity contribution in [3.8, 4) is 0 Å². The molecule has 0 unspecified atom stereocenters. The Labute approximate surface area is 238 Å². The van der Waals surface area contributed by atoms with Crippen LogP contribution in [0.3, 0.4) is 0 Å². The minimum Gasteiger partial charge on any atom is -0.317 e. The number of likely N-dealkylation sites (tertiary alicyclic amines) is 1. The summed E-state index contributed by atoms with van der Waals surface area (Å²) in [6, 6.07) is 25.5. The molecule has 0 amide bonds. The van der Waals surface area contributed by atoms with Crippen LogP contribution < -0.4 is 5.32 Å². The molecule has 0 saturated carbocycles. The highest BCUT2D eigenvalue weighted by molar-refractivity contribution is 5.96. The quantitative estimate of drug-likeness (QED) is 0.191. The van der Waals surface area contributed by atoms with Gasteiger partial charge in [-0.1, -0.05) is 84.8 Å². The molecule has 4 rings (SSSR count). The molecule has 1 aliphatic heterocycles. The Morgan fingerprint density at radius 1 is 0.872 bits per heavy atom. The van der Waals surface area contributed by atoms with E-state index in [1.54, 1.807) is 0 Å². The number of nitrogens with zero attached hydrogens (tertiary/aromatic N) is 1. The molecule has 210 valence electrons. The number of benzene rings is 3. The number of carbonyl (C=O) groups excluding carboxylic acids is 1. The third-order valence-electron chi connectivity index (χ3n) is 7.90. The van der Waals surface area contributed by atoms with Crippen molar-refractivity contribution >= 4 is 5.78 Å². The zero-order valence-electron chi connectivity index (χ0n) is 24.8. The number of aryl methyl sites for hydroxylation is 4. The molecule has 0 aliphatic carbocycles. The highest BCUT2D eigenvalue weighted by Gasteiger charge is 2.19. The van der Waals surface area contributed by atoms with Crippen LogP contribution in [-0.2, 0) is 13.0 Å². The van der Waals surface area contributed by atoms with E-state index in [0.29, 0.717) is 12.2 Å². The molecule has 1 aliphatic rings. The summed E-state index contributed by atoms with van der Waals surface area (Å²) in [5, 5.41) is 3.38. The van der Waals surface area contributed by atoms with Crippen LogP contribution in [-0.4, -0.2) is 36.9 Å². The summed E-state index contributed by atoms with van der Waals surface area (Å²) in [4.78, 5) is 15.3. The van der Waals surface area contributed by atoms with E-state index in [0.717, 1.165) is 50.4 Å². The molecular weight excluding hydrogens is 476 g/mol. The largest absolute Gasteiger partial charge is 0.317 e. The number of piperidine rings is 1. The Hall–Kier alpha value is -2.75. The molecule has 0 atom stereocenters. The van der Waals surface area contributed by atoms with Crippen LogP contribution in [0.25, 0.3) is 0 Å². The van der Waals surface area contributed by atoms with Crippen LogP contribution in [0.4, 0.5) is 0 Å². The first-order chi connectivity index (χ1) is 18.9. The molecule has 0 bridgehead atoms. The third-order valence-corrected chi connectivity index (χ3v) is 7.90. The van der Waals surface area contributed by atoms with Gasteiger partial charge in [-0.25, -0.2) is 0 Å². The molecule has 1 saturated heterocycles. The molecule has 39 heavy (non-hydrogen) atoms. The number of nitrogens with one attached hydrogen (secondary N) is 1. The topological polar surface area (TPSA) is 32.3 Å². The minimum absolute atomic E-state index is 0.309. The molecule has 3 heteroatoms. The number of carbonyl (C=O) groups is 1. The van der Waals surface area contributed by atoms with E-state index in [2.05, 4.69) is 86.4 Å². The lowest BCUT2D eigenvalue weighted by molar-refractivity contribution is 0.0974. The highest BCUT2D eigenvalue weighted by atomic mass is 16.1. The second-order valence-corrected chi connectivity index (χ2v) is 11.3. The first-order valence-corrected chi connectivity index (χ1v) is 15.1. The van der Waals surface area contributed by atoms with Crippen molar-refractivity contribution in [1.82, 2.24) is 10.2 Å². The van der Waals surface area contributed by atoms with Gasteiger partial charge in [0.25, 0.3) is 0 Å². The summed E-state index contributed by atoms with van der Waals surface area (Å²) in [6.45, 7) is 14.0. The first kappa shape index (κ1) is 30.8. The van der Waals surface area contributed by atoms with Crippen molar-refractivity contribution in [3.63, 3.8) is 0 Å². The standard InChI is InChI=1S/C29H42N2O.C7H8/c1-4-30-18-6-8-27-14-15-28(21-24(27)3)29(32)9-5-7-25-16-19-31(20-17-25)22-26-12-10-23(2)11-13-26;1-7-5-3-2-4-6-7/h10-15,21,25,30H,4-9,16-20,22H2,1-3H3;2-6H,1H3. The molecule has 1 N–H and O–H groups in total. The third kappa shape index (κ3) is 11.5. The van der Waals surface area contributed by atoms with Crippen molar-refractivity contribution in [2.45, 2.75) is 79.2 Å². The zero-order valence-corrected chi connectivity index (χ0v) is 24.8. The van der Waals surface area contributed by atoms with Crippen LogP contribution in [0.2, 0.25) is 0 Å². The summed E-state index contributed by atoms with van der Waals surface area (Å²) in [5.41, 5.74) is 7.59. The van der Waals surface area contributed by atoms with E-state index in [-0.39, 0.29) is 0 Å². The molecule has 0 aromatic heterocycles. The fourth-order valence-corrected chi connectivity index (χ4v) is 5.35. The number of rotatable bonds is 12. The minimum atomic E-state index is 0.309. The lowest BCUT2D eigenvalue weighted by Gasteiger charge is -2.32. The maximum Gasteiger partial charge on any atom is 0.162 e. The SMILES string of the molecule is CCNCCCc1ccc(C(=O)CCCC2CCN(Cc3ccc(C)cc3)CC2)cc1C.Cc1ccccc1. The van der Waals surface area contributed by atoms with Gasteiger partial charge in [-0.3, -0.25) is 9.69 Å². The van der Waals surface area contributed by atoms with E-state index < -0.39 is 0 Å². The van der Waals surface area contributed by atoms with Gasteiger partial charge < -0.3 is 5.32 Å². The van der Waals surface area contributed by atoms with Gasteiger partial charge in [0.2, 0.25) is 0 Å². The maximum absolute atomic E-state index is 12.7. The van der Waals surface area contributed by atoms with Gasteiger partial charge >= 0.3 is 0 Å². The molecule has 1 fully saturated rings. The Morgan fingerprint density at radius 3 is 2.18 bits per heavy atom. The average Bonchev–Trinajstić information content (AvgIpc) is 2.95. The van der Waals surface area contributed by atoms with Crippen LogP contribution in [0, 0.1) is 26.7 Å². The van der Waals surface area contributed by atoms with Crippen LogP contribution in [0.5, 0.6) is 0 Å². The Balaban J connectivity index is 0.000000520. The van der Waals surface area contributed by atoms with Crippen molar-refractivity contribution in [3.05, 3.63) is 106 Å². The average molecular weight is 527 g/mol. The predicted molar refractivity (Wildman–Crippen MR) is 167 cm³/mol. The van der Waals surface area contributed by atoms with Gasteiger partial charge in [-0.15, -0.1) is 0 Å². The van der Waals surface area contributed by atoms with Crippen molar-refractivity contribution in [2.24, 2.45) is 5.92 Å². The van der Waals surface area contributed by atoms with Gasteiger partial charge in [-0.2, -0.15) is 0 Å². The molecule has 3 aromatic rings. The summed E-state index contributed by atoms with van der Waals surface area (Å²) in [6.07, 6.45) is 7.64. The summed E-state index contributed by atoms with van der Waals surface area (Å²) in [5.74, 6) is 1.09. The monoisotopic (exact) mass is 526 g/mol. The Morgan fingerprint density at radius 2 is 1.56 bits per heavy atom. The Kier molecular flexibility index (Phi) is 13.5. The van der Waals surface area contributed by atoms with Gasteiger partial charge in [0.05, 0.1) is 0 Å². The lowest BCUT2D eigenvalue weighted by atomic mass is 9.90. The molecule has 1 heterocycles. The summed E-state index contributed by atoms with van der Waals surface area (Å²) < 4.78 is 0. The normalized spacial score (nSPS) is 14.1. The van der Waals surface area contributed by atoms with Crippen molar-refractivity contribution in [1.29, 1.82) is 0 Å². The molecule has 3 nitrogen and oxygen atoms in total. The molecule has 3 aromatic carbocycles. The van der Waals surface area contributed by atoms with Crippen molar-refractivity contribution in [2.75, 3.05) is 26.2 Å². The summed E-state index contributed by atoms with van der Waals surface area (Å²) >= 11 is 0. The van der Waals surface area contributed by atoms with Crippen LogP contribution in [0.1, 0.15) is 83.6 Å². The van der Waals surface area contributed by atoms with Gasteiger partial charge in [0, 0.05) is 18.5 Å². The van der Waals surface area contributed by atoms with E-state index >= 15 is 0 Å².